The molecule has 13 heavy (non-hydrogen) atoms. The average molecular weight is 187 g/mol. The molecule has 78 valence electrons. The molecule has 0 amide bonds. The van der Waals surface area contributed by atoms with Gasteiger partial charge >= 0.3 is 5.97 Å². The average Bonchev–Trinajstić information content (AvgIpc) is 2.14. The Morgan fingerprint density at radius 2 is 2.15 bits per heavy atom. The molecule has 0 aromatic carbocycles. The number of ether oxygens (including phenoxy) is 1. The number of hydrogen-bond acceptors (Lipinski definition) is 3. The van der Waals surface area contributed by atoms with Crippen LogP contribution in [0.4, 0.5) is 0 Å². The molecule has 0 heterocycles. The number of rotatable bonds is 7. The maximum Gasteiger partial charge on any atom is 0.319 e. The monoisotopic (exact) mass is 187 g/mol. The van der Waals surface area contributed by atoms with Gasteiger partial charge in [0.05, 0.1) is 13.7 Å². The minimum absolute atomic E-state index is 0.192. The lowest BCUT2D eigenvalue weighted by atomic mass is 10.1. The third-order valence-electron chi connectivity index (χ3n) is 2.06. The van der Waals surface area contributed by atoms with Crippen LogP contribution in [0.5, 0.6) is 0 Å². The van der Waals surface area contributed by atoms with E-state index in [2.05, 4.69) is 23.9 Å². The second kappa shape index (κ2) is 8.05. The predicted molar refractivity (Wildman–Crippen MR) is 53.6 cm³/mol. The summed E-state index contributed by atoms with van der Waals surface area (Å²) < 4.78 is 4.52. The third kappa shape index (κ3) is 7.78. The SMILES string of the molecule is CCCCC[C@@H](C)NCC(=O)OC. The van der Waals surface area contributed by atoms with Crippen molar-refractivity contribution in [2.75, 3.05) is 13.7 Å². The van der Waals surface area contributed by atoms with E-state index in [4.69, 9.17) is 0 Å². The largest absolute Gasteiger partial charge is 0.468 e. The molecule has 0 spiro atoms. The van der Waals surface area contributed by atoms with Crippen LogP contribution in [-0.2, 0) is 9.53 Å². The quantitative estimate of drug-likeness (QED) is 0.487. The van der Waals surface area contributed by atoms with Gasteiger partial charge in [0.25, 0.3) is 0 Å². The van der Waals surface area contributed by atoms with Crippen molar-refractivity contribution in [3.63, 3.8) is 0 Å². The van der Waals surface area contributed by atoms with Crippen molar-refractivity contribution in [3.8, 4) is 0 Å². The van der Waals surface area contributed by atoms with E-state index in [1.54, 1.807) is 0 Å². The van der Waals surface area contributed by atoms with Gasteiger partial charge in [-0.05, 0) is 13.3 Å². The molecular weight excluding hydrogens is 166 g/mol. The Labute approximate surface area is 80.8 Å². The molecule has 0 saturated carbocycles. The van der Waals surface area contributed by atoms with Crippen molar-refractivity contribution in [2.24, 2.45) is 0 Å². The molecule has 0 fully saturated rings. The standard InChI is InChI=1S/C10H21NO2/c1-4-5-6-7-9(2)11-8-10(12)13-3/h9,11H,4-8H2,1-3H3/t9-/m1/s1. The number of esters is 1. The molecule has 0 unspecified atom stereocenters. The second-order valence-electron chi connectivity index (χ2n) is 3.35. The van der Waals surface area contributed by atoms with Crippen LogP contribution in [-0.4, -0.2) is 25.7 Å². The summed E-state index contributed by atoms with van der Waals surface area (Å²) in [4.78, 5) is 10.8. The number of unbranched alkanes of at least 4 members (excludes halogenated alkanes) is 2. The molecule has 0 aromatic heterocycles. The summed E-state index contributed by atoms with van der Waals surface area (Å²) in [6, 6.07) is 0.408. The molecule has 1 atom stereocenters. The Morgan fingerprint density at radius 3 is 2.69 bits per heavy atom. The topological polar surface area (TPSA) is 38.3 Å². The number of methoxy groups -OCH3 is 1. The fraction of sp³-hybridized carbons (Fsp3) is 0.900. The van der Waals surface area contributed by atoms with Crippen molar-refractivity contribution in [1.82, 2.24) is 5.32 Å². The molecule has 1 N–H and O–H groups in total. The highest BCUT2D eigenvalue weighted by Crippen LogP contribution is 2.02. The first-order valence-electron chi connectivity index (χ1n) is 5.00. The van der Waals surface area contributed by atoms with Crippen molar-refractivity contribution in [1.29, 1.82) is 0 Å². The van der Waals surface area contributed by atoms with Crippen LogP contribution in [0.25, 0.3) is 0 Å². The van der Waals surface area contributed by atoms with Gasteiger partial charge in [-0.15, -0.1) is 0 Å². The van der Waals surface area contributed by atoms with Crippen LogP contribution >= 0.6 is 0 Å². The van der Waals surface area contributed by atoms with E-state index in [-0.39, 0.29) is 5.97 Å². The minimum Gasteiger partial charge on any atom is -0.468 e. The van der Waals surface area contributed by atoms with Crippen LogP contribution in [0.3, 0.4) is 0 Å². The summed E-state index contributed by atoms with van der Waals surface area (Å²) in [5.41, 5.74) is 0. The molecule has 0 aliphatic heterocycles. The van der Waals surface area contributed by atoms with Gasteiger partial charge in [-0.2, -0.15) is 0 Å². The molecule has 3 nitrogen and oxygen atoms in total. The maximum absolute atomic E-state index is 10.8. The fourth-order valence-electron chi connectivity index (χ4n) is 1.13. The van der Waals surface area contributed by atoms with E-state index in [0.717, 1.165) is 6.42 Å². The van der Waals surface area contributed by atoms with Gasteiger partial charge in [0.15, 0.2) is 0 Å². The third-order valence-corrected chi connectivity index (χ3v) is 2.06. The molecule has 0 radical (unpaired) electrons. The lowest BCUT2D eigenvalue weighted by molar-refractivity contribution is -0.139. The van der Waals surface area contributed by atoms with Crippen LogP contribution in [0.1, 0.15) is 39.5 Å². The second-order valence-corrected chi connectivity index (χ2v) is 3.35. The molecule has 0 aliphatic rings. The van der Waals surface area contributed by atoms with Gasteiger partial charge < -0.3 is 10.1 Å². The first kappa shape index (κ1) is 12.4. The Morgan fingerprint density at radius 1 is 1.46 bits per heavy atom. The Kier molecular flexibility index (Phi) is 7.69. The molecule has 0 bridgehead atoms. The number of nitrogens with one attached hydrogen (secondary N) is 1. The van der Waals surface area contributed by atoms with Gasteiger partial charge in [-0.25, -0.2) is 0 Å². The molecule has 3 heteroatoms. The molecule has 0 saturated heterocycles. The number of carbonyl (C=O) groups is 1. The van der Waals surface area contributed by atoms with Crippen LogP contribution in [0, 0.1) is 0 Å². The van der Waals surface area contributed by atoms with E-state index >= 15 is 0 Å². The predicted octanol–water partition coefficient (Wildman–Crippen LogP) is 1.72. The van der Waals surface area contributed by atoms with Gasteiger partial charge in [-0.1, -0.05) is 26.2 Å². The van der Waals surface area contributed by atoms with Gasteiger partial charge in [0, 0.05) is 6.04 Å². The van der Waals surface area contributed by atoms with Crippen molar-refractivity contribution in [3.05, 3.63) is 0 Å². The lowest BCUT2D eigenvalue weighted by Crippen LogP contribution is -2.31. The Bertz CT molecular complexity index is 137. The number of carbonyl (C=O) groups excluding carboxylic acids is 1. The van der Waals surface area contributed by atoms with Crippen LogP contribution in [0.2, 0.25) is 0 Å². The van der Waals surface area contributed by atoms with Crippen molar-refractivity contribution in [2.45, 2.75) is 45.6 Å². The highest BCUT2D eigenvalue weighted by molar-refractivity contribution is 5.71. The lowest BCUT2D eigenvalue weighted by Gasteiger charge is -2.11. The summed E-state index contributed by atoms with van der Waals surface area (Å²) >= 11 is 0. The minimum atomic E-state index is -0.192. The fourth-order valence-corrected chi connectivity index (χ4v) is 1.13. The zero-order valence-electron chi connectivity index (χ0n) is 8.93. The first-order valence-corrected chi connectivity index (χ1v) is 5.00. The van der Waals surface area contributed by atoms with E-state index in [9.17, 15) is 4.79 Å². The van der Waals surface area contributed by atoms with Gasteiger partial charge in [-0.3, -0.25) is 4.79 Å². The Balaban J connectivity index is 3.29. The summed E-state index contributed by atoms with van der Waals surface area (Å²) in [7, 11) is 1.41. The van der Waals surface area contributed by atoms with Crippen LogP contribution in [0.15, 0.2) is 0 Å². The summed E-state index contributed by atoms with van der Waals surface area (Å²) in [6.45, 7) is 4.61. The zero-order valence-corrected chi connectivity index (χ0v) is 8.93. The molecule has 0 aromatic rings. The normalized spacial score (nSPS) is 12.5. The van der Waals surface area contributed by atoms with Crippen molar-refractivity contribution < 1.29 is 9.53 Å². The molecule has 0 aliphatic carbocycles. The highest BCUT2D eigenvalue weighted by Gasteiger charge is 2.04. The Hall–Kier alpha value is -0.570. The first-order chi connectivity index (χ1) is 6.20. The van der Waals surface area contributed by atoms with Gasteiger partial charge in [0.1, 0.15) is 0 Å². The maximum atomic E-state index is 10.8. The molecular formula is C10H21NO2. The number of hydrogen-bond donors (Lipinski definition) is 1. The van der Waals surface area contributed by atoms with E-state index in [1.165, 1.54) is 26.4 Å². The van der Waals surface area contributed by atoms with E-state index in [1.807, 2.05) is 0 Å². The molecule has 0 rings (SSSR count). The summed E-state index contributed by atoms with van der Waals surface area (Å²) in [5, 5.41) is 3.12. The summed E-state index contributed by atoms with van der Waals surface area (Å²) in [6.07, 6.45) is 4.87. The van der Waals surface area contributed by atoms with E-state index in [0.29, 0.717) is 12.6 Å². The van der Waals surface area contributed by atoms with Gasteiger partial charge in [0.2, 0.25) is 0 Å². The van der Waals surface area contributed by atoms with Crippen molar-refractivity contribution >= 4 is 5.97 Å². The van der Waals surface area contributed by atoms with E-state index < -0.39 is 0 Å². The summed E-state index contributed by atoms with van der Waals surface area (Å²) in [5.74, 6) is -0.192. The highest BCUT2D eigenvalue weighted by atomic mass is 16.5. The van der Waals surface area contributed by atoms with Crippen LogP contribution < -0.4 is 5.32 Å². The zero-order chi connectivity index (χ0) is 10.1. The smallest absolute Gasteiger partial charge is 0.319 e.